The maximum atomic E-state index is 12.6. The summed E-state index contributed by atoms with van der Waals surface area (Å²) in [6, 6.07) is 22.5. The molecule has 1 heterocycles. The predicted molar refractivity (Wildman–Crippen MR) is 148 cm³/mol. The van der Waals surface area contributed by atoms with Crippen molar-refractivity contribution in [2.24, 2.45) is 0 Å². The second kappa shape index (κ2) is 12.2. The number of aryl methyl sites for hydroxylation is 4. The zero-order valence-corrected chi connectivity index (χ0v) is 22.5. The molecule has 0 aliphatic carbocycles. The highest BCUT2D eigenvalue weighted by atomic mass is 35.5. The SMILES string of the molecule is Cc1cc(C)cc(CSc2nnc(CCC(=O)NCCc3ccccc3C)n2-c2cccc(Cl)c2)c1. The van der Waals surface area contributed by atoms with E-state index in [4.69, 9.17) is 11.6 Å². The first-order valence-electron chi connectivity index (χ1n) is 12.1. The Morgan fingerprint density at radius 2 is 1.72 bits per heavy atom. The number of benzene rings is 3. The Balaban J connectivity index is 1.44. The second-order valence-corrected chi connectivity index (χ2v) is 10.4. The minimum atomic E-state index is 0.00803. The highest BCUT2D eigenvalue weighted by Crippen LogP contribution is 2.27. The van der Waals surface area contributed by atoms with E-state index in [2.05, 4.69) is 66.6 Å². The molecule has 0 fully saturated rings. The van der Waals surface area contributed by atoms with E-state index < -0.39 is 0 Å². The first-order chi connectivity index (χ1) is 17.4. The third-order valence-electron chi connectivity index (χ3n) is 5.97. The maximum Gasteiger partial charge on any atom is 0.220 e. The van der Waals surface area contributed by atoms with E-state index in [0.717, 1.165) is 28.8 Å². The Morgan fingerprint density at radius 1 is 0.944 bits per heavy atom. The number of halogens is 1. The van der Waals surface area contributed by atoms with Gasteiger partial charge in [-0.1, -0.05) is 83.0 Å². The number of rotatable bonds is 10. The fourth-order valence-corrected chi connectivity index (χ4v) is 5.36. The Bertz CT molecular complexity index is 1330. The van der Waals surface area contributed by atoms with E-state index in [9.17, 15) is 4.79 Å². The van der Waals surface area contributed by atoms with Gasteiger partial charge in [-0.05, 0) is 62.1 Å². The maximum absolute atomic E-state index is 12.6. The second-order valence-electron chi connectivity index (χ2n) is 9.03. The minimum absolute atomic E-state index is 0.00803. The summed E-state index contributed by atoms with van der Waals surface area (Å²) in [6.07, 6.45) is 1.64. The summed E-state index contributed by atoms with van der Waals surface area (Å²) < 4.78 is 2.01. The van der Waals surface area contributed by atoms with Crippen molar-refractivity contribution in [1.82, 2.24) is 20.1 Å². The Hall–Kier alpha value is -3.09. The minimum Gasteiger partial charge on any atom is -0.356 e. The molecule has 4 aromatic rings. The van der Waals surface area contributed by atoms with Crippen molar-refractivity contribution in [3.8, 4) is 5.69 Å². The van der Waals surface area contributed by atoms with Crippen LogP contribution in [0.1, 0.15) is 40.1 Å². The number of carbonyl (C=O) groups is 1. The molecule has 7 heteroatoms. The molecule has 0 spiro atoms. The molecule has 0 atom stereocenters. The van der Waals surface area contributed by atoms with Crippen LogP contribution in [0.25, 0.3) is 5.69 Å². The first-order valence-corrected chi connectivity index (χ1v) is 13.5. The Kier molecular flexibility index (Phi) is 8.83. The summed E-state index contributed by atoms with van der Waals surface area (Å²) in [6.45, 7) is 6.93. The van der Waals surface area contributed by atoms with Crippen LogP contribution in [0.5, 0.6) is 0 Å². The molecule has 0 saturated heterocycles. The Morgan fingerprint density at radius 3 is 2.47 bits per heavy atom. The summed E-state index contributed by atoms with van der Waals surface area (Å²) in [5.41, 5.74) is 7.13. The van der Waals surface area contributed by atoms with E-state index in [-0.39, 0.29) is 5.91 Å². The van der Waals surface area contributed by atoms with Crippen molar-refractivity contribution in [3.05, 3.63) is 105 Å². The molecular weight excluding hydrogens is 488 g/mol. The normalized spacial score (nSPS) is 11.0. The van der Waals surface area contributed by atoms with Gasteiger partial charge in [0.1, 0.15) is 5.82 Å². The van der Waals surface area contributed by atoms with Crippen molar-refractivity contribution >= 4 is 29.3 Å². The number of hydrogen-bond acceptors (Lipinski definition) is 4. The standard InChI is InChI=1S/C29H31ClN4OS/c1-20-15-21(2)17-23(16-20)19-36-29-33-32-27(34(29)26-10-6-9-25(30)18-26)11-12-28(35)31-14-13-24-8-5-4-7-22(24)3/h4-10,15-18H,11-14,19H2,1-3H3,(H,31,35). The van der Waals surface area contributed by atoms with Crippen LogP contribution in [0, 0.1) is 20.8 Å². The molecule has 0 saturated carbocycles. The van der Waals surface area contributed by atoms with Crippen LogP contribution < -0.4 is 5.32 Å². The number of carbonyl (C=O) groups excluding carboxylic acids is 1. The number of amides is 1. The van der Waals surface area contributed by atoms with Crippen LogP contribution in [0.2, 0.25) is 5.02 Å². The fourth-order valence-electron chi connectivity index (χ4n) is 4.27. The van der Waals surface area contributed by atoms with E-state index >= 15 is 0 Å². The lowest BCUT2D eigenvalue weighted by Gasteiger charge is -2.11. The van der Waals surface area contributed by atoms with Crippen molar-refractivity contribution in [3.63, 3.8) is 0 Å². The molecule has 0 aliphatic rings. The number of nitrogens with one attached hydrogen (secondary N) is 1. The van der Waals surface area contributed by atoms with Crippen LogP contribution in [0.3, 0.4) is 0 Å². The zero-order valence-electron chi connectivity index (χ0n) is 20.9. The summed E-state index contributed by atoms with van der Waals surface area (Å²) >= 11 is 7.93. The van der Waals surface area contributed by atoms with Gasteiger partial charge in [-0.2, -0.15) is 0 Å². The van der Waals surface area contributed by atoms with Crippen molar-refractivity contribution < 1.29 is 4.79 Å². The molecule has 36 heavy (non-hydrogen) atoms. The molecule has 0 radical (unpaired) electrons. The van der Waals surface area contributed by atoms with Crippen LogP contribution in [-0.2, 0) is 23.4 Å². The molecule has 0 unspecified atom stereocenters. The first kappa shape index (κ1) is 26.0. The number of nitrogens with zero attached hydrogens (tertiary/aromatic N) is 3. The van der Waals surface area contributed by atoms with Crippen LogP contribution in [-0.4, -0.2) is 27.2 Å². The van der Waals surface area contributed by atoms with Gasteiger partial charge in [0.05, 0.1) is 5.69 Å². The third kappa shape index (κ3) is 6.99. The van der Waals surface area contributed by atoms with Crippen molar-refractivity contribution in [2.75, 3.05) is 6.54 Å². The summed E-state index contributed by atoms with van der Waals surface area (Å²) in [7, 11) is 0. The van der Waals surface area contributed by atoms with Crippen molar-refractivity contribution in [1.29, 1.82) is 0 Å². The van der Waals surface area contributed by atoms with Gasteiger partial charge < -0.3 is 5.32 Å². The molecule has 3 aromatic carbocycles. The van der Waals surface area contributed by atoms with E-state index in [1.54, 1.807) is 11.8 Å². The average molecular weight is 519 g/mol. The zero-order chi connectivity index (χ0) is 25.5. The van der Waals surface area contributed by atoms with E-state index in [1.165, 1.54) is 27.8 Å². The Labute approximate surface area is 222 Å². The van der Waals surface area contributed by atoms with Crippen molar-refractivity contribution in [2.45, 2.75) is 50.9 Å². The summed E-state index contributed by atoms with van der Waals surface area (Å²) in [5.74, 6) is 1.53. The molecule has 1 N–H and O–H groups in total. The quantitative estimate of drug-likeness (QED) is 0.246. The molecule has 1 amide bonds. The topological polar surface area (TPSA) is 59.8 Å². The largest absolute Gasteiger partial charge is 0.356 e. The molecule has 5 nitrogen and oxygen atoms in total. The molecule has 186 valence electrons. The van der Waals surface area contributed by atoms with Gasteiger partial charge in [0, 0.05) is 30.2 Å². The molecule has 0 bridgehead atoms. The molecule has 0 aliphatic heterocycles. The highest BCUT2D eigenvalue weighted by molar-refractivity contribution is 7.98. The van der Waals surface area contributed by atoms with E-state index in [0.29, 0.717) is 24.4 Å². The lowest BCUT2D eigenvalue weighted by atomic mass is 10.1. The van der Waals surface area contributed by atoms with Crippen LogP contribution in [0.4, 0.5) is 0 Å². The van der Waals surface area contributed by atoms with Gasteiger partial charge in [0.15, 0.2) is 5.16 Å². The molecule has 1 aromatic heterocycles. The van der Waals surface area contributed by atoms with Gasteiger partial charge in [-0.15, -0.1) is 10.2 Å². The van der Waals surface area contributed by atoms with Gasteiger partial charge in [-0.25, -0.2) is 0 Å². The van der Waals surface area contributed by atoms with Crippen LogP contribution in [0.15, 0.2) is 71.9 Å². The third-order valence-corrected chi connectivity index (χ3v) is 7.20. The van der Waals surface area contributed by atoms with Gasteiger partial charge in [0.2, 0.25) is 5.91 Å². The van der Waals surface area contributed by atoms with Crippen LogP contribution >= 0.6 is 23.4 Å². The lowest BCUT2D eigenvalue weighted by molar-refractivity contribution is -0.121. The molecular formula is C29H31ClN4OS. The highest BCUT2D eigenvalue weighted by Gasteiger charge is 2.16. The summed E-state index contributed by atoms with van der Waals surface area (Å²) in [5, 5.41) is 13.4. The number of thioether (sulfide) groups is 1. The lowest BCUT2D eigenvalue weighted by Crippen LogP contribution is -2.26. The van der Waals surface area contributed by atoms with Gasteiger partial charge in [0.25, 0.3) is 0 Å². The fraction of sp³-hybridized carbons (Fsp3) is 0.276. The average Bonchev–Trinajstić information content (AvgIpc) is 3.25. The monoisotopic (exact) mass is 518 g/mol. The smallest absolute Gasteiger partial charge is 0.220 e. The van der Waals surface area contributed by atoms with E-state index in [1.807, 2.05) is 41.0 Å². The predicted octanol–water partition coefficient (Wildman–Crippen LogP) is 6.43. The number of hydrogen-bond donors (Lipinski definition) is 1. The number of aromatic nitrogens is 3. The summed E-state index contributed by atoms with van der Waals surface area (Å²) in [4.78, 5) is 12.6. The van der Waals surface area contributed by atoms with Gasteiger partial charge >= 0.3 is 0 Å². The van der Waals surface area contributed by atoms with Gasteiger partial charge in [-0.3, -0.25) is 9.36 Å². The molecule has 4 rings (SSSR count).